The van der Waals surface area contributed by atoms with E-state index in [9.17, 15) is 4.79 Å². The highest BCUT2D eigenvalue weighted by molar-refractivity contribution is 5.90. The molecule has 2 aromatic heterocycles. The van der Waals surface area contributed by atoms with Crippen molar-refractivity contribution in [3.05, 3.63) is 100 Å². The minimum absolute atomic E-state index is 0.0820. The Hall–Kier alpha value is -3.20. The summed E-state index contributed by atoms with van der Waals surface area (Å²) in [5.41, 5.74) is 5.80. The average Bonchev–Trinajstić information content (AvgIpc) is 2.80. The van der Waals surface area contributed by atoms with E-state index in [4.69, 9.17) is 0 Å². The normalized spacial score (nSPS) is 11.1. The van der Waals surface area contributed by atoms with Crippen LogP contribution in [0.2, 0.25) is 0 Å². The molecule has 30 heavy (non-hydrogen) atoms. The Morgan fingerprint density at radius 2 is 1.57 bits per heavy atom. The number of aromatic nitrogens is 2. The minimum Gasteiger partial charge on any atom is -0.306 e. The molecular formula is C27H28N2O. The average molecular weight is 397 g/mol. The van der Waals surface area contributed by atoms with Crippen LogP contribution < -0.4 is 5.56 Å². The van der Waals surface area contributed by atoms with E-state index >= 15 is 0 Å². The van der Waals surface area contributed by atoms with E-state index in [1.54, 1.807) is 6.20 Å². The predicted molar refractivity (Wildman–Crippen MR) is 125 cm³/mol. The number of aryl methyl sites for hydroxylation is 1. The van der Waals surface area contributed by atoms with Crippen LogP contribution in [-0.4, -0.2) is 9.55 Å². The Kier molecular flexibility index (Phi) is 6.08. The van der Waals surface area contributed by atoms with Gasteiger partial charge in [-0.1, -0.05) is 69.2 Å². The molecule has 0 fully saturated rings. The standard InChI is InChI=1S/C27H28N2O/c1-3-10-23-25-18-21(20-12-6-5-7-13-20)15-16-24(25)27(30)29(26(23)11-4-2)19-22-14-8-9-17-28-22/h5-9,12-18H,3-4,10-11,19H2,1-2H3. The van der Waals surface area contributed by atoms with Crippen LogP contribution in [0.1, 0.15) is 43.6 Å². The highest BCUT2D eigenvalue weighted by Gasteiger charge is 2.17. The van der Waals surface area contributed by atoms with Crippen molar-refractivity contribution < 1.29 is 0 Å². The van der Waals surface area contributed by atoms with E-state index in [1.165, 1.54) is 11.1 Å². The quantitative estimate of drug-likeness (QED) is 0.383. The number of rotatable bonds is 7. The smallest absolute Gasteiger partial charge is 0.259 e. The van der Waals surface area contributed by atoms with E-state index in [0.29, 0.717) is 6.54 Å². The molecule has 152 valence electrons. The van der Waals surface area contributed by atoms with Crippen LogP contribution in [0.4, 0.5) is 0 Å². The highest BCUT2D eigenvalue weighted by Crippen LogP contribution is 2.28. The third kappa shape index (κ3) is 3.93. The molecular weight excluding hydrogens is 368 g/mol. The molecule has 0 aliphatic rings. The number of benzene rings is 2. The Morgan fingerprint density at radius 1 is 0.800 bits per heavy atom. The molecule has 0 spiro atoms. The van der Waals surface area contributed by atoms with Crippen molar-refractivity contribution in [2.45, 2.75) is 46.1 Å². The molecule has 0 saturated heterocycles. The molecule has 0 aliphatic heterocycles. The number of hydrogen-bond acceptors (Lipinski definition) is 2. The first-order valence-corrected chi connectivity index (χ1v) is 10.9. The van der Waals surface area contributed by atoms with Gasteiger partial charge in [-0.2, -0.15) is 0 Å². The third-order valence-electron chi connectivity index (χ3n) is 5.63. The summed E-state index contributed by atoms with van der Waals surface area (Å²) < 4.78 is 1.96. The predicted octanol–water partition coefficient (Wildman–Crippen LogP) is 6.02. The lowest BCUT2D eigenvalue weighted by molar-refractivity contribution is 0.668. The molecule has 0 N–H and O–H groups in total. The first kappa shape index (κ1) is 20.1. The Labute approximate surface area is 178 Å². The molecule has 4 aromatic rings. The zero-order valence-electron chi connectivity index (χ0n) is 17.8. The van der Waals surface area contributed by atoms with Gasteiger partial charge in [-0.15, -0.1) is 0 Å². The van der Waals surface area contributed by atoms with Crippen LogP contribution in [0.25, 0.3) is 21.9 Å². The topological polar surface area (TPSA) is 34.9 Å². The van der Waals surface area contributed by atoms with Crippen LogP contribution in [0.15, 0.2) is 77.7 Å². The van der Waals surface area contributed by atoms with E-state index in [0.717, 1.165) is 53.4 Å². The fourth-order valence-corrected chi connectivity index (χ4v) is 4.25. The lowest BCUT2D eigenvalue weighted by Gasteiger charge is -2.20. The van der Waals surface area contributed by atoms with Gasteiger partial charge in [0.2, 0.25) is 0 Å². The zero-order chi connectivity index (χ0) is 20.9. The van der Waals surface area contributed by atoms with Gasteiger partial charge in [-0.05, 0) is 59.2 Å². The van der Waals surface area contributed by atoms with Gasteiger partial charge in [-0.3, -0.25) is 9.78 Å². The molecule has 3 nitrogen and oxygen atoms in total. The van der Waals surface area contributed by atoms with Crippen molar-refractivity contribution in [1.29, 1.82) is 0 Å². The molecule has 0 amide bonds. The maximum absolute atomic E-state index is 13.6. The summed E-state index contributed by atoms with van der Waals surface area (Å²) in [5, 5.41) is 1.90. The van der Waals surface area contributed by atoms with Gasteiger partial charge in [0.25, 0.3) is 5.56 Å². The first-order chi connectivity index (χ1) is 14.7. The van der Waals surface area contributed by atoms with Crippen molar-refractivity contribution in [2.24, 2.45) is 0 Å². The van der Waals surface area contributed by atoms with Gasteiger partial charge < -0.3 is 4.57 Å². The molecule has 0 bridgehead atoms. The van der Waals surface area contributed by atoms with Crippen LogP contribution in [0.5, 0.6) is 0 Å². The van der Waals surface area contributed by atoms with Crippen molar-refractivity contribution in [2.75, 3.05) is 0 Å². The molecule has 2 heterocycles. The van der Waals surface area contributed by atoms with Gasteiger partial charge in [0, 0.05) is 17.3 Å². The first-order valence-electron chi connectivity index (χ1n) is 10.9. The number of pyridine rings is 2. The summed E-state index contributed by atoms with van der Waals surface area (Å²) in [7, 11) is 0. The molecule has 4 rings (SSSR count). The van der Waals surface area contributed by atoms with Gasteiger partial charge in [0.15, 0.2) is 0 Å². The summed E-state index contributed by atoms with van der Waals surface area (Å²) in [4.78, 5) is 18.0. The number of hydrogen-bond donors (Lipinski definition) is 0. The van der Waals surface area contributed by atoms with Gasteiger partial charge >= 0.3 is 0 Å². The third-order valence-corrected chi connectivity index (χ3v) is 5.63. The fourth-order valence-electron chi connectivity index (χ4n) is 4.25. The monoisotopic (exact) mass is 396 g/mol. The summed E-state index contributed by atoms with van der Waals surface area (Å²) in [5.74, 6) is 0. The highest BCUT2D eigenvalue weighted by atomic mass is 16.1. The van der Waals surface area contributed by atoms with E-state index < -0.39 is 0 Å². The molecule has 0 atom stereocenters. The van der Waals surface area contributed by atoms with E-state index in [-0.39, 0.29) is 5.56 Å². The van der Waals surface area contributed by atoms with Crippen LogP contribution >= 0.6 is 0 Å². The maximum atomic E-state index is 13.6. The lowest BCUT2D eigenvalue weighted by Crippen LogP contribution is -2.27. The van der Waals surface area contributed by atoms with Gasteiger partial charge in [0.1, 0.15) is 0 Å². The largest absolute Gasteiger partial charge is 0.306 e. The van der Waals surface area contributed by atoms with Crippen LogP contribution in [0, 0.1) is 0 Å². The summed E-state index contributed by atoms with van der Waals surface area (Å²) in [6.45, 7) is 4.90. The lowest BCUT2D eigenvalue weighted by atomic mass is 9.94. The zero-order valence-corrected chi connectivity index (χ0v) is 17.8. The summed E-state index contributed by atoms with van der Waals surface area (Å²) in [6, 6.07) is 22.5. The number of fused-ring (bicyclic) bond motifs is 1. The fraction of sp³-hybridized carbons (Fsp3) is 0.259. The van der Waals surface area contributed by atoms with Crippen LogP contribution in [0.3, 0.4) is 0 Å². The van der Waals surface area contributed by atoms with Crippen molar-refractivity contribution in [3.8, 4) is 11.1 Å². The van der Waals surface area contributed by atoms with Crippen molar-refractivity contribution >= 4 is 10.8 Å². The molecule has 0 saturated carbocycles. The minimum atomic E-state index is 0.0820. The Bertz CT molecular complexity index is 1190. The second kappa shape index (κ2) is 9.08. The molecule has 0 aliphatic carbocycles. The molecule has 0 radical (unpaired) electrons. The summed E-state index contributed by atoms with van der Waals surface area (Å²) >= 11 is 0. The maximum Gasteiger partial charge on any atom is 0.259 e. The van der Waals surface area contributed by atoms with Crippen molar-refractivity contribution in [1.82, 2.24) is 9.55 Å². The second-order valence-corrected chi connectivity index (χ2v) is 7.76. The van der Waals surface area contributed by atoms with E-state index in [2.05, 4.69) is 55.2 Å². The molecule has 3 heteroatoms. The van der Waals surface area contributed by atoms with Gasteiger partial charge in [-0.25, -0.2) is 0 Å². The number of nitrogens with zero attached hydrogens (tertiary/aromatic N) is 2. The SMILES string of the molecule is CCCc1c(CCC)n(Cc2ccccn2)c(=O)c2ccc(-c3ccccc3)cc12. The second-order valence-electron chi connectivity index (χ2n) is 7.76. The molecule has 0 unspecified atom stereocenters. The van der Waals surface area contributed by atoms with E-state index in [1.807, 2.05) is 34.9 Å². The Morgan fingerprint density at radius 3 is 2.27 bits per heavy atom. The van der Waals surface area contributed by atoms with Crippen LogP contribution in [-0.2, 0) is 19.4 Å². The van der Waals surface area contributed by atoms with Crippen molar-refractivity contribution in [3.63, 3.8) is 0 Å². The van der Waals surface area contributed by atoms with Gasteiger partial charge in [0.05, 0.1) is 12.2 Å². The molecule has 2 aromatic carbocycles. The summed E-state index contributed by atoms with van der Waals surface area (Å²) in [6.07, 6.45) is 5.70. The Balaban J connectivity index is 1.97.